The van der Waals surface area contributed by atoms with Crippen molar-refractivity contribution in [3.05, 3.63) is 34.9 Å². The largest absolute Gasteiger partial charge is 0.388 e. The first-order valence-corrected chi connectivity index (χ1v) is 5.14. The van der Waals surface area contributed by atoms with Gasteiger partial charge in [-0.25, -0.2) is 0 Å². The normalized spacial score (nSPS) is 19.1. The first kappa shape index (κ1) is 9.69. The van der Waals surface area contributed by atoms with Crippen LogP contribution in [0.2, 0.25) is 0 Å². The second kappa shape index (κ2) is 3.71. The predicted molar refractivity (Wildman–Crippen MR) is 57.2 cm³/mol. The second-order valence-corrected chi connectivity index (χ2v) is 4.28. The average Bonchev–Trinajstić information content (AvgIpc) is 1.98. The van der Waals surface area contributed by atoms with Gasteiger partial charge in [0.1, 0.15) is 0 Å². The van der Waals surface area contributed by atoms with Crippen LogP contribution in [-0.2, 0) is 0 Å². The molecular formula is C12H17NO. The van der Waals surface area contributed by atoms with E-state index in [1.54, 1.807) is 0 Å². The van der Waals surface area contributed by atoms with Crippen molar-refractivity contribution in [3.8, 4) is 0 Å². The Balaban J connectivity index is 2.21. The van der Waals surface area contributed by atoms with E-state index in [1.807, 2.05) is 0 Å². The molecule has 1 heterocycles. The average molecular weight is 191 g/mol. The van der Waals surface area contributed by atoms with Gasteiger partial charge in [-0.2, -0.15) is 0 Å². The van der Waals surface area contributed by atoms with Crippen molar-refractivity contribution in [2.75, 3.05) is 13.1 Å². The fourth-order valence-corrected chi connectivity index (χ4v) is 1.99. The molecule has 0 bridgehead atoms. The van der Waals surface area contributed by atoms with Crippen LogP contribution >= 0.6 is 0 Å². The minimum Gasteiger partial charge on any atom is -0.388 e. The monoisotopic (exact) mass is 191 g/mol. The quantitative estimate of drug-likeness (QED) is 0.743. The Kier molecular flexibility index (Phi) is 2.57. The molecule has 1 atom stereocenters. The molecule has 1 fully saturated rings. The maximum Gasteiger partial charge on any atom is 0.0842 e. The Morgan fingerprint density at radius 1 is 1.21 bits per heavy atom. The summed E-state index contributed by atoms with van der Waals surface area (Å²) in [6, 6.07) is 6.29. The number of rotatable bonds is 2. The number of benzene rings is 1. The summed E-state index contributed by atoms with van der Waals surface area (Å²) < 4.78 is 0. The van der Waals surface area contributed by atoms with Crippen molar-refractivity contribution in [1.29, 1.82) is 0 Å². The fourth-order valence-electron chi connectivity index (χ4n) is 1.99. The van der Waals surface area contributed by atoms with Crippen LogP contribution in [0.4, 0.5) is 0 Å². The predicted octanol–water partition coefficient (Wildman–Crippen LogP) is 1.56. The molecule has 1 aromatic rings. The van der Waals surface area contributed by atoms with Crippen LogP contribution in [0.25, 0.3) is 0 Å². The van der Waals surface area contributed by atoms with Gasteiger partial charge < -0.3 is 10.4 Å². The van der Waals surface area contributed by atoms with Gasteiger partial charge in [-0.05, 0) is 19.4 Å². The van der Waals surface area contributed by atoms with Gasteiger partial charge in [-0.1, -0.05) is 29.3 Å². The van der Waals surface area contributed by atoms with Crippen molar-refractivity contribution in [3.63, 3.8) is 0 Å². The summed E-state index contributed by atoms with van der Waals surface area (Å²) in [5.41, 5.74) is 3.52. The smallest absolute Gasteiger partial charge is 0.0842 e. The number of hydrogen-bond donors (Lipinski definition) is 2. The Morgan fingerprint density at radius 2 is 1.79 bits per heavy atom. The van der Waals surface area contributed by atoms with Gasteiger partial charge in [-0.15, -0.1) is 0 Å². The van der Waals surface area contributed by atoms with Crippen molar-refractivity contribution in [2.24, 2.45) is 5.92 Å². The lowest BCUT2D eigenvalue weighted by Crippen LogP contribution is -2.45. The number of aliphatic hydroxyl groups is 1. The Bertz CT molecular complexity index is 311. The SMILES string of the molecule is Cc1cc(C)cc(C(O)C2CNC2)c1. The van der Waals surface area contributed by atoms with Crippen molar-refractivity contribution >= 4 is 0 Å². The van der Waals surface area contributed by atoms with Crippen molar-refractivity contribution in [1.82, 2.24) is 5.32 Å². The molecule has 76 valence electrons. The maximum absolute atomic E-state index is 10.0. The molecule has 1 aliphatic rings. The van der Waals surface area contributed by atoms with Gasteiger partial charge in [0, 0.05) is 19.0 Å². The van der Waals surface area contributed by atoms with E-state index in [1.165, 1.54) is 11.1 Å². The van der Waals surface area contributed by atoms with Crippen LogP contribution in [-0.4, -0.2) is 18.2 Å². The number of aryl methyl sites for hydroxylation is 2. The number of nitrogens with one attached hydrogen (secondary N) is 1. The molecule has 0 amide bonds. The molecule has 2 heteroatoms. The van der Waals surface area contributed by atoms with Gasteiger partial charge >= 0.3 is 0 Å². The van der Waals surface area contributed by atoms with E-state index in [4.69, 9.17) is 0 Å². The highest BCUT2D eigenvalue weighted by molar-refractivity contribution is 5.30. The van der Waals surface area contributed by atoms with Crippen LogP contribution in [0.3, 0.4) is 0 Å². The third-order valence-corrected chi connectivity index (χ3v) is 2.85. The zero-order valence-corrected chi connectivity index (χ0v) is 8.75. The van der Waals surface area contributed by atoms with Crippen molar-refractivity contribution < 1.29 is 5.11 Å². The Hall–Kier alpha value is -0.860. The highest BCUT2D eigenvalue weighted by Crippen LogP contribution is 2.26. The molecule has 0 aliphatic carbocycles. The van der Waals surface area contributed by atoms with Crippen LogP contribution < -0.4 is 5.32 Å². The standard InChI is InChI=1S/C12H17NO/c1-8-3-9(2)5-10(4-8)12(14)11-6-13-7-11/h3-5,11-14H,6-7H2,1-2H3. The molecule has 0 aromatic heterocycles. The van der Waals surface area contributed by atoms with E-state index < -0.39 is 0 Å². The van der Waals surface area contributed by atoms with Gasteiger partial charge in [-0.3, -0.25) is 0 Å². The van der Waals surface area contributed by atoms with Gasteiger partial charge in [0.05, 0.1) is 6.10 Å². The van der Waals surface area contributed by atoms with Crippen LogP contribution in [0.5, 0.6) is 0 Å². The molecule has 2 rings (SSSR count). The summed E-state index contributed by atoms with van der Waals surface area (Å²) in [7, 11) is 0. The summed E-state index contributed by atoms with van der Waals surface area (Å²) in [5.74, 6) is 0.399. The molecular weight excluding hydrogens is 174 g/mol. The Labute approximate surface area is 85.0 Å². The maximum atomic E-state index is 10.0. The van der Waals surface area contributed by atoms with Crippen molar-refractivity contribution in [2.45, 2.75) is 20.0 Å². The van der Waals surface area contributed by atoms with Crippen LogP contribution in [0.15, 0.2) is 18.2 Å². The summed E-state index contributed by atoms with van der Waals surface area (Å²) in [6.45, 7) is 6.02. The molecule has 0 spiro atoms. The summed E-state index contributed by atoms with van der Waals surface area (Å²) in [5, 5.41) is 13.2. The van der Waals surface area contributed by atoms with Gasteiger partial charge in [0.25, 0.3) is 0 Å². The summed E-state index contributed by atoms with van der Waals surface area (Å²) in [4.78, 5) is 0. The molecule has 1 unspecified atom stereocenters. The molecule has 0 radical (unpaired) electrons. The fraction of sp³-hybridized carbons (Fsp3) is 0.500. The van der Waals surface area contributed by atoms with E-state index in [2.05, 4.69) is 37.4 Å². The van der Waals surface area contributed by atoms with Crippen LogP contribution in [0, 0.1) is 19.8 Å². The third-order valence-electron chi connectivity index (χ3n) is 2.85. The molecule has 1 saturated heterocycles. The lowest BCUT2D eigenvalue weighted by molar-refractivity contribution is 0.0766. The van der Waals surface area contributed by atoms with Gasteiger partial charge in [0.2, 0.25) is 0 Å². The van der Waals surface area contributed by atoms with E-state index in [9.17, 15) is 5.11 Å². The molecule has 1 aromatic carbocycles. The lowest BCUT2D eigenvalue weighted by atomic mass is 9.90. The molecule has 1 aliphatic heterocycles. The summed E-state index contributed by atoms with van der Waals surface area (Å²) >= 11 is 0. The lowest BCUT2D eigenvalue weighted by Gasteiger charge is -2.32. The molecule has 2 N–H and O–H groups in total. The minimum atomic E-state index is -0.296. The van der Waals surface area contributed by atoms with E-state index in [0.29, 0.717) is 5.92 Å². The van der Waals surface area contributed by atoms with Gasteiger partial charge in [0.15, 0.2) is 0 Å². The number of hydrogen-bond acceptors (Lipinski definition) is 2. The summed E-state index contributed by atoms with van der Waals surface area (Å²) in [6.07, 6.45) is -0.296. The zero-order valence-electron chi connectivity index (χ0n) is 8.75. The second-order valence-electron chi connectivity index (χ2n) is 4.28. The highest BCUT2D eigenvalue weighted by atomic mass is 16.3. The number of aliphatic hydroxyl groups excluding tert-OH is 1. The molecule has 0 saturated carbocycles. The zero-order chi connectivity index (χ0) is 10.1. The van der Waals surface area contributed by atoms with E-state index in [-0.39, 0.29) is 6.10 Å². The topological polar surface area (TPSA) is 32.3 Å². The minimum absolute atomic E-state index is 0.296. The third kappa shape index (κ3) is 1.81. The molecule has 14 heavy (non-hydrogen) atoms. The Morgan fingerprint density at radius 3 is 2.21 bits per heavy atom. The first-order chi connectivity index (χ1) is 6.66. The van der Waals surface area contributed by atoms with E-state index in [0.717, 1.165) is 18.7 Å². The highest BCUT2D eigenvalue weighted by Gasteiger charge is 2.26. The van der Waals surface area contributed by atoms with Crippen LogP contribution in [0.1, 0.15) is 22.8 Å². The van der Waals surface area contributed by atoms with E-state index >= 15 is 0 Å². The first-order valence-electron chi connectivity index (χ1n) is 5.14. The molecule has 2 nitrogen and oxygen atoms in total.